The van der Waals surface area contributed by atoms with E-state index in [-0.39, 0.29) is 24.4 Å². The maximum atomic E-state index is 13.8. The van der Waals surface area contributed by atoms with Crippen molar-refractivity contribution >= 4 is 22.5 Å². The van der Waals surface area contributed by atoms with Crippen LogP contribution >= 0.6 is 0 Å². The largest absolute Gasteiger partial charge is 0.382 e. The Kier molecular flexibility index (Phi) is 4.52. The average Bonchev–Trinajstić information content (AvgIpc) is 3.07. The van der Waals surface area contributed by atoms with E-state index in [9.17, 15) is 9.18 Å². The van der Waals surface area contributed by atoms with Gasteiger partial charge in [-0.25, -0.2) is 9.37 Å². The highest BCUT2D eigenvalue weighted by atomic mass is 19.1. The third-order valence-corrected chi connectivity index (χ3v) is 4.43. The second-order valence-electron chi connectivity index (χ2n) is 6.60. The molecule has 0 saturated heterocycles. The number of nitrogens with zero attached hydrogens (tertiary/aromatic N) is 4. The Bertz CT molecular complexity index is 1170. The monoisotopic (exact) mass is 376 g/mol. The summed E-state index contributed by atoms with van der Waals surface area (Å²) in [5, 5.41) is 15.8. The lowest BCUT2D eigenvalue weighted by molar-refractivity contribution is -0.117. The predicted octanol–water partition coefficient (Wildman–Crippen LogP) is 2.80. The number of benzene rings is 2. The zero-order valence-electron chi connectivity index (χ0n) is 15.1. The number of halogens is 1. The smallest absolute Gasteiger partial charge is 0.182 e. The van der Waals surface area contributed by atoms with E-state index in [0.29, 0.717) is 28.5 Å². The van der Waals surface area contributed by atoms with Gasteiger partial charge >= 0.3 is 0 Å². The van der Waals surface area contributed by atoms with Gasteiger partial charge < -0.3 is 5.73 Å². The molecule has 0 saturated carbocycles. The first-order valence-corrected chi connectivity index (χ1v) is 8.69. The first-order chi connectivity index (χ1) is 13.5. The first-order valence-electron chi connectivity index (χ1n) is 8.69. The van der Waals surface area contributed by atoms with Gasteiger partial charge in [0.25, 0.3) is 0 Å². The number of aryl methyl sites for hydroxylation is 1. The molecule has 4 aromatic rings. The second-order valence-corrected chi connectivity index (χ2v) is 6.60. The van der Waals surface area contributed by atoms with Crippen molar-refractivity contribution in [3.63, 3.8) is 0 Å². The second kappa shape index (κ2) is 7.15. The molecule has 0 radical (unpaired) electrons. The summed E-state index contributed by atoms with van der Waals surface area (Å²) in [5.41, 5.74) is 9.10. The number of fused-ring (bicyclic) bond motifs is 1. The van der Waals surface area contributed by atoms with Gasteiger partial charge in [-0.05, 0) is 24.6 Å². The van der Waals surface area contributed by atoms with E-state index in [0.717, 1.165) is 16.5 Å². The summed E-state index contributed by atoms with van der Waals surface area (Å²) < 4.78 is 13.8. The predicted molar refractivity (Wildman–Crippen MR) is 103 cm³/mol. The molecule has 2 aromatic carbocycles. The lowest BCUT2D eigenvalue weighted by atomic mass is 10.0. The number of H-pyrrole nitrogens is 1. The quantitative estimate of drug-likeness (QED) is 0.554. The number of hydrogen-bond acceptors (Lipinski definition) is 6. The molecule has 4 rings (SSSR count). The molecule has 0 aliphatic heterocycles. The molecule has 0 amide bonds. The third-order valence-electron chi connectivity index (χ3n) is 4.43. The van der Waals surface area contributed by atoms with Crippen LogP contribution in [0.3, 0.4) is 0 Å². The van der Waals surface area contributed by atoms with Crippen molar-refractivity contribution in [2.45, 2.75) is 19.8 Å². The summed E-state index contributed by atoms with van der Waals surface area (Å²) in [6, 6.07) is 10.2. The van der Waals surface area contributed by atoms with Crippen molar-refractivity contribution in [2.24, 2.45) is 0 Å². The van der Waals surface area contributed by atoms with Gasteiger partial charge in [0.1, 0.15) is 11.6 Å². The van der Waals surface area contributed by atoms with E-state index in [1.54, 1.807) is 12.1 Å². The summed E-state index contributed by atoms with van der Waals surface area (Å²) in [6.07, 6.45) is 1.54. The molecule has 7 nitrogen and oxygen atoms in total. The minimum atomic E-state index is -0.385. The number of nitrogens with one attached hydrogen (secondary N) is 1. The maximum absolute atomic E-state index is 13.8. The number of Topliss-reactive ketones (excluding diaryl/α,β-unsaturated/α-hetero) is 1. The highest BCUT2D eigenvalue weighted by Gasteiger charge is 2.14. The van der Waals surface area contributed by atoms with Gasteiger partial charge in [-0.2, -0.15) is 10.2 Å². The van der Waals surface area contributed by atoms with E-state index >= 15 is 0 Å². The molecule has 8 heteroatoms. The van der Waals surface area contributed by atoms with Gasteiger partial charge in [0.15, 0.2) is 11.6 Å². The SMILES string of the molecule is Cc1ccc(F)c(CC(=O)Cc2cnc(-c3cccc4[nH]nc(N)c34)nn2)c1. The molecule has 3 N–H and O–H groups in total. The molecular weight excluding hydrogens is 359 g/mol. The lowest BCUT2D eigenvalue weighted by Crippen LogP contribution is -2.10. The Morgan fingerprint density at radius 2 is 2.04 bits per heavy atom. The first kappa shape index (κ1) is 17.7. The standard InChI is InChI=1S/C20H17FN6O/c1-11-5-6-16(21)12(7-11)8-14(28)9-13-10-23-20(27-24-13)15-3-2-4-17-18(15)19(22)26-25-17/h2-7,10H,8-9H2,1H3,(H3,22,25,26). The van der Waals surface area contributed by atoms with Crippen LogP contribution in [-0.2, 0) is 17.6 Å². The van der Waals surface area contributed by atoms with Crippen LogP contribution in [-0.4, -0.2) is 31.2 Å². The summed E-state index contributed by atoms with van der Waals surface area (Å²) in [6.45, 7) is 1.86. The maximum Gasteiger partial charge on any atom is 0.182 e. The van der Waals surface area contributed by atoms with Crippen LogP contribution in [0, 0.1) is 12.7 Å². The number of carbonyl (C=O) groups is 1. The molecule has 0 aliphatic carbocycles. The van der Waals surface area contributed by atoms with Gasteiger partial charge in [0, 0.05) is 12.0 Å². The van der Waals surface area contributed by atoms with Crippen molar-refractivity contribution in [1.29, 1.82) is 0 Å². The van der Waals surface area contributed by atoms with Crippen molar-refractivity contribution in [2.75, 3.05) is 5.73 Å². The molecule has 0 atom stereocenters. The average molecular weight is 376 g/mol. The Morgan fingerprint density at radius 1 is 1.18 bits per heavy atom. The fraction of sp³-hybridized carbons (Fsp3) is 0.150. The number of nitrogen functional groups attached to an aromatic ring is 1. The number of hydrogen-bond donors (Lipinski definition) is 2. The van der Waals surface area contributed by atoms with Crippen molar-refractivity contribution < 1.29 is 9.18 Å². The van der Waals surface area contributed by atoms with Crippen LogP contribution in [0.5, 0.6) is 0 Å². The minimum Gasteiger partial charge on any atom is -0.382 e. The molecule has 0 aliphatic rings. The number of carbonyl (C=O) groups excluding carboxylic acids is 1. The Hall–Kier alpha value is -3.68. The van der Waals surface area contributed by atoms with Gasteiger partial charge in [0.2, 0.25) is 0 Å². The van der Waals surface area contributed by atoms with Crippen LogP contribution in [0.4, 0.5) is 10.2 Å². The van der Waals surface area contributed by atoms with Crippen LogP contribution in [0.1, 0.15) is 16.8 Å². The number of aromatic nitrogens is 5. The minimum absolute atomic E-state index is 0.00179. The molecule has 0 spiro atoms. The topological polar surface area (TPSA) is 110 Å². The number of anilines is 1. The zero-order chi connectivity index (χ0) is 19.7. The third kappa shape index (κ3) is 3.44. The Morgan fingerprint density at radius 3 is 2.82 bits per heavy atom. The zero-order valence-corrected chi connectivity index (χ0v) is 15.1. The fourth-order valence-electron chi connectivity index (χ4n) is 3.10. The van der Waals surface area contributed by atoms with Crippen LogP contribution in [0.15, 0.2) is 42.6 Å². The Labute approximate surface area is 159 Å². The Balaban J connectivity index is 1.52. The van der Waals surface area contributed by atoms with Crippen LogP contribution < -0.4 is 5.73 Å². The van der Waals surface area contributed by atoms with Crippen molar-refractivity contribution in [3.05, 3.63) is 65.2 Å². The number of nitrogens with two attached hydrogens (primary N) is 1. The molecule has 2 aromatic heterocycles. The molecule has 0 fully saturated rings. The number of ketones is 1. The van der Waals surface area contributed by atoms with E-state index < -0.39 is 0 Å². The van der Waals surface area contributed by atoms with Crippen LogP contribution in [0.2, 0.25) is 0 Å². The van der Waals surface area contributed by atoms with Gasteiger partial charge in [-0.1, -0.05) is 29.8 Å². The van der Waals surface area contributed by atoms with E-state index in [1.807, 2.05) is 25.1 Å². The summed E-state index contributed by atoms with van der Waals surface area (Å²) in [5.74, 6) is 0.201. The molecule has 140 valence electrons. The van der Waals surface area contributed by atoms with E-state index in [2.05, 4.69) is 25.4 Å². The van der Waals surface area contributed by atoms with Gasteiger partial charge in [-0.3, -0.25) is 9.89 Å². The highest BCUT2D eigenvalue weighted by molar-refractivity contribution is 6.00. The number of rotatable bonds is 5. The fourth-order valence-corrected chi connectivity index (χ4v) is 3.10. The summed E-state index contributed by atoms with van der Waals surface area (Å²) in [4.78, 5) is 16.6. The summed E-state index contributed by atoms with van der Waals surface area (Å²) in [7, 11) is 0. The summed E-state index contributed by atoms with van der Waals surface area (Å²) >= 11 is 0. The lowest BCUT2D eigenvalue weighted by Gasteiger charge is -2.05. The highest BCUT2D eigenvalue weighted by Crippen LogP contribution is 2.28. The van der Waals surface area contributed by atoms with E-state index in [4.69, 9.17) is 5.73 Å². The number of aromatic amines is 1. The molecule has 0 bridgehead atoms. The van der Waals surface area contributed by atoms with Gasteiger partial charge in [-0.15, -0.1) is 5.10 Å². The normalized spacial score (nSPS) is 11.1. The van der Waals surface area contributed by atoms with Gasteiger partial charge in [0.05, 0.1) is 29.2 Å². The van der Waals surface area contributed by atoms with E-state index in [1.165, 1.54) is 12.3 Å². The molecule has 0 unspecified atom stereocenters. The van der Waals surface area contributed by atoms with Crippen LogP contribution in [0.25, 0.3) is 22.3 Å². The van der Waals surface area contributed by atoms with Crippen molar-refractivity contribution in [1.82, 2.24) is 25.4 Å². The molecule has 2 heterocycles. The molecular formula is C20H17FN6O. The van der Waals surface area contributed by atoms with Crippen molar-refractivity contribution in [3.8, 4) is 11.4 Å². The molecule has 28 heavy (non-hydrogen) atoms.